The fourth-order valence-electron chi connectivity index (χ4n) is 3.87. The number of hydrazone groups is 1. The number of para-hydroxylation sites is 2. The zero-order valence-electron chi connectivity index (χ0n) is 20.2. The van der Waals surface area contributed by atoms with E-state index in [2.05, 4.69) is 25.7 Å². The number of H-pyrrole nitrogens is 1. The van der Waals surface area contributed by atoms with Crippen molar-refractivity contribution in [3.63, 3.8) is 0 Å². The molecule has 0 aliphatic carbocycles. The Kier molecular flexibility index (Phi) is 7.18. The van der Waals surface area contributed by atoms with Gasteiger partial charge in [0.15, 0.2) is 22.5 Å². The van der Waals surface area contributed by atoms with E-state index in [4.69, 9.17) is 9.47 Å². The van der Waals surface area contributed by atoms with E-state index in [-0.39, 0.29) is 11.7 Å². The minimum atomic E-state index is -0.253. The number of nitrogens with one attached hydrogen (secondary N) is 2. The van der Waals surface area contributed by atoms with Crippen molar-refractivity contribution in [1.82, 2.24) is 25.2 Å². The highest BCUT2D eigenvalue weighted by atomic mass is 32.2. The van der Waals surface area contributed by atoms with Crippen molar-refractivity contribution >= 4 is 34.8 Å². The molecule has 0 spiro atoms. The lowest BCUT2D eigenvalue weighted by Crippen LogP contribution is -2.20. The summed E-state index contributed by atoms with van der Waals surface area (Å²) in [5.41, 5.74) is 6.17. The van der Waals surface area contributed by atoms with Gasteiger partial charge in [0, 0.05) is 33.9 Å². The fourth-order valence-corrected chi connectivity index (χ4v) is 4.62. The lowest BCUT2D eigenvalue weighted by Gasteiger charge is -2.12. The smallest absolute Gasteiger partial charge is 0.250 e. The van der Waals surface area contributed by atoms with Crippen molar-refractivity contribution in [1.29, 1.82) is 0 Å². The number of benzene rings is 3. The van der Waals surface area contributed by atoms with Gasteiger partial charge in [-0.2, -0.15) is 5.10 Å². The van der Waals surface area contributed by atoms with Gasteiger partial charge in [0.1, 0.15) is 0 Å². The molecule has 0 bridgehead atoms. The Bertz CT molecular complexity index is 1560. The summed E-state index contributed by atoms with van der Waals surface area (Å²) >= 11 is 1.27. The predicted molar refractivity (Wildman–Crippen MR) is 145 cm³/mol. The van der Waals surface area contributed by atoms with Gasteiger partial charge in [-0.05, 0) is 36.4 Å². The van der Waals surface area contributed by atoms with Crippen LogP contribution in [-0.4, -0.2) is 51.8 Å². The number of ether oxygens (including phenoxy) is 2. The van der Waals surface area contributed by atoms with E-state index in [1.54, 1.807) is 20.4 Å². The largest absolute Gasteiger partial charge is 0.493 e. The number of fused-ring (bicyclic) bond motifs is 1. The summed E-state index contributed by atoms with van der Waals surface area (Å²) in [7, 11) is 3.18. The van der Waals surface area contributed by atoms with Crippen LogP contribution >= 0.6 is 11.8 Å². The fraction of sp³-hybridized carbons (Fsp3) is 0.111. The van der Waals surface area contributed by atoms with Crippen LogP contribution in [0.4, 0.5) is 0 Å². The van der Waals surface area contributed by atoms with E-state index in [0.29, 0.717) is 22.5 Å². The van der Waals surface area contributed by atoms with Crippen LogP contribution in [-0.2, 0) is 4.79 Å². The SMILES string of the molecule is COc1ccc(-c2nnc(SCC(=O)N/N=C/c3c[nH]c4ccccc34)n2-c2ccccc2)cc1OC. The van der Waals surface area contributed by atoms with E-state index in [0.717, 1.165) is 27.7 Å². The van der Waals surface area contributed by atoms with Gasteiger partial charge in [0.2, 0.25) is 0 Å². The molecule has 0 saturated carbocycles. The second-order valence-corrected chi connectivity index (χ2v) is 8.86. The molecule has 0 unspecified atom stereocenters. The highest BCUT2D eigenvalue weighted by molar-refractivity contribution is 7.99. The van der Waals surface area contributed by atoms with E-state index in [1.807, 2.05) is 83.6 Å². The summed E-state index contributed by atoms with van der Waals surface area (Å²) in [6.45, 7) is 0. The minimum Gasteiger partial charge on any atom is -0.493 e. The maximum Gasteiger partial charge on any atom is 0.250 e. The van der Waals surface area contributed by atoms with Crippen LogP contribution in [0.15, 0.2) is 89.3 Å². The van der Waals surface area contributed by atoms with Gasteiger partial charge < -0.3 is 14.5 Å². The number of thioether (sulfide) groups is 1. The Morgan fingerprint density at radius 2 is 1.81 bits per heavy atom. The summed E-state index contributed by atoms with van der Waals surface area (Å²) < 4.78 is 12.7. The van der Waals surface area contributed by atoms with Crippen molar-refractivity contribution < 1.29 is 14.3 Å². The molecule has 9 nitrogen and oxygen atoms in total. The standard InChI is InChI=1S/C27H24N6O3S/c1-35-23-13-12-18(14-24(23)36-2)26-31-32-27(33(26)20-8-4-3-5-9-20)37-17-25(34)30-29-16-19-15-28-22-11-7-6-10-21(19)22/h3-16,28H,17H2,1-2H3,(H,30,34)/b29-16+. The van der Waals surface area contributed by atoms with Crippen LogP contribution in [0, 0.1) is 0 Å². The average molecular weight is 513 g/mol. The monoisotopic (exact) mass is 512 g/mol. The first-order valence-electron chi connectivity index (χ1n) is 11.4. The lowest BCUT2D eigenvalue weighted by molar-refractivity contribution is -0.118. The van der Waals surface area contributed by atoms with Gasteiger partial charge in [-0.1, -0.05) is 48.2 Å². The number of nitrogens with zero attached hydrogens (tertiary/aromatic N) is 4. The molecule has 0 fully saturated rings. The average Bonchev–Trinajstić information content (AvgIpc) is 3.56. The van der Waals surface area contributed by atoms with Gasteiger partial charge in [0.05, 0.1) is 26.2 Å². The maximum atomic E-state index is 12.5. The normalized spacial score (nSPS) is 11.2. The number of hydrogen-bond acceptors (Lipinski definition) is 7. The number of hydrogen-bond donors (Lipinski definition) is 2. The number of carbonyl (C=O) groups is 1. The van der Waals surface area contributed by atoms with Crippen LogP contribution in [0.3, 0.4) is 0 Å². The molecule has 2 heterocycles. The first-order valence-corrected chi connectivity index (χ1v) is 12.4. The van der Waals surface area contributed by atoms with Crippen LogP contribution in [0.1, 0.15) is 5.56 Å². The molecule has 0 aliphatic heterocycles. The Morgan fingerprint density at radius 3 is 2.62 bits per heavy atom. The van der Waals surface area contributed by atoms with Crippen molar-refractivity contribution in [2.45, 2.75) is 5.16 Å². The van der Waals surface area contributed by atoms with Crippen LogP contribution in [0.25, 0.3) is 28.0 Å². The number of rotatable bonds is 9. The Labute approximate surface area is 217 Å². The topological polar surface area (TPSA) is 106 Å². The Hall–Kier alpha value is -4.57. The molecule has 5 rings (SSSR count). The quantitative estimate of drug-likeness (QED) is 0.169. The molecule has 1 amide bonds. The number of amides is 1. The molecule has 0 radical (unpaired) electrons. The van der Waals surface area contributed by atoms with Crippen LogP contribution < -0.4 is 14.9 Å². The number of carbonyl (C=O) groups excluding carboxylic acids is 1. The molecule has 3 aromatic carbocycles. The molecule has 0 aliphatic rings. The van der Waals surface area contributed by atoms with Gasteiger partial charge in [-0.25, -0.2) is 5.43 Å². The Balaban J connectivity index is 1.34. The highest BCUT2D eigenvalue weighted by Gasteiger charge is 2.18. The maximum absolute atomic E-state index is 12.5. The Morgan fingerprint density at radius 1 is 1.03 bits per heavy atom. The first kappa shape index (κ1) is 24.1. The van der Waals surface area contributed by atoms with Gasteiger partial charge in [0.25, 0.3) is 5.91 Å². The van der Waals surface area contributed by atoms with E-state index in [9.17, 15) is 4.79 Å². The van der Waals surface area contributed by atoms with Crippen LogP contribution in [0.5, 0.6) is 11.5 Å². The van der Waals surface area contributed by atoms with Crippen molar-refractivity contribution in [2.24, 2.45) is 5.10 Å². The molecule has 2 aromatic heterocycles. The third-order valence-corrected chi connectivity index (χ3v) is 6.56. The van der Waals surface area contributed by atoms with E-state index < -0.39 is 0 Å². The highest BCUT2D eigenvalue weighted by Crippen LogP contribution is 2.34. The predicted octanol–water partition coefficient (Wildman–Crippen LogP) is 4.68. The summed E-state index contributed by atoms with van der Waals surface area (Å²) in [5.74, 6) is 1.69. The third kappa shape index (κ3) is 5.19. The summed E-state index contributed by atoms with van der Waals surface area (Å²) in [5, 5.41) is 14.5. The van der Waals surface area contributed by atoms with Crippen molar-refractivity contribution in [3.05, 3.63) is 84.6 Å². The molecular formula is C27H24N6O3S. The summed E-state index contributed by atoms with van der Waals surface area (Å²) in [6.07, 6.45) is 3.48. The molecule has 37 heavy (non-hydrogen) atoms. The van der Waals surface area contributed by atoms with E-state index >= 15 is 0 Å². The van der Waals surface area contributed by atoms with E-state index in [1.165, 1.54) is 11.8 Å². The van der Waals surface area contributed by atoms with Gasteiger partial charge >= 0.3 is 0 Å². The molecule has 10 heteroatoms. The number of methoxy groups -OCH3 is 2. The van der Waals surface area contributed by atoms with Gasteiger partial charge in [-0.3, -0.25) is 9.36 Å². The van der Waals surface area contributed by atoms with Crippen molar-refractivity contribution in [2.75, 3.05) is 20.0 Å². The van der Waals surface area contributed by atoms with Gasteiger partial charge in [-0.15, -0.1) is 10.2 Å². The molecule has 0 saturated heterocycles. The molecular weight excluding hydrogens is 488 g/mol. The molecule has 0 atom stereocenters. The second-order valence-electron chi connectivity index (χ2n) is 7.92. The van der Waals surface area contributed by atoms with Crippen LogP contribution in [0.2, 0.25) is 0 Å². The zero-order valence-corrected chi connectivity index (χ0v) is 21.0. The molecule has 5 aromatic rings. The van der Waals surface area contributed by atoms with Crippen molar-refractivity contribution in [3.8, 4) is 28.6 Å². The zero-order chi connectivity index (χ0) is 25.6. The third-order valence-electron chi connectivity index (χ3n) is 5.64. The summed E-state index contributed by atoms with van der Waals surface area (Å²) in [6, 6.07) is 23.2. The lowest BCUT2D eigenvalue weighted by atomic mass is 10.2. The second kappa shape index (κ2) is 11.0. The molecule has 186 valence electrons. The number of aromatic nitrogens is 4. The molecule has 2 N–H and O–H groups in total. The first-order chi connectivity index (χ1) is 18.2. The minimum absolute atomic E-state index is 0.113. The summed E-state index contributed by atoms with van der Waals surface area (Å²) in [4.78, 5) is 15.7. The number of aromatic amines is 1.